The van der Waals surface area contributed by atoms with Crippen LogP contribution in [0.25, 0.3) is 10.9 Å². The van der Waals surface area contributed by atoms with Crippen LogP contribution in [0.4, 0.5) is 21.8 Å². The van der Waals surface area contributed by atoms with E-state index in [1.165, 1.54) is 13.2 Å². The van der Waals surface area contributed by atoms with Crippen molar-refractivity contribution in [2.24, 2.45) is 0 Å². The Balaban J connectivity index is 1.12. The molecule has 0 atom stereocenters. The zero-order valence-electron chi connectivity index (χ0n) is 25.2. The third-order valence-electron chi connectivity index (χ3n) is 8.44. The van der Waals surface area contributed by atoms with Crippen molar-refractivity contribution in [3.63, 3.8) is 0 Å². The molecule has 2 aromatic carbocycles. The van der Waals surface area contributed by atoms with Gasteiger partial charge in [0.1, 0.15) is 29.9 Å². The smallest absolute Gasteiger partial charge is 0.221 e. The summed E-state index contributed by atoms with van der Waals surface area (Å²) in [6.07, 6.45) is 5.65. The lowest BCUT2D eigenvalue weighted by Crippen LogP contribution is -2.48. The van der Waals surface area contributed by atoms with E-state index in [-0.39, 0.29) is 58.0 Å². The lowest BCUT2D eigenvalue weighted by molar-refractivity contribution is 0.193. The number of aromatic nitrogens is 3. The molecule has 6 rings (SSSR count). The van der Waals surface area contributed by atoms with E-state index in [1.54, 1.807) is 31.5 Å². The van der Waals surface area contributed by atoms with E-state index in [9.17, 15) is 15.2 Å². The predicted molar refractivity (Wildman–Crippen MR) is 168 cm³/mol. The maximum absolute atomic E-state index is 15.6. The molecule has 3 heterocycles. The number of piperazine rings is 1. The SMILES string of the molecule is COc1cc(Cc2cnc(N)nc2N)cc(O)c1OCCN1CCN(c2c(F)cc3c(=O)c(C)cn(C4CC4)c3c2C#N)CC1. The van der Waals surface area contributed by atoms with Crippen LogP contribution in [-0.2, 0) is 6.42 Å². The third kappa shape index (κ3) is 5.88. The molecule has 2 fully saturated rings. The van der Waals surface area contributed by atoms with Crippen LogP contribution in [0.15, 0.2) is 35.4 Å². The molecule has 0 amide bonds. The zero-order valence-corrected chi connectivity index (χ0v) is 25.2. The first-order valence-electron chi connectivity index (χ1n) is 14.8. The number of ether oxygens (including phenoxy) is 2. The van der Waals surface area contributed by atoms with Crippen molar-refractivity contribution in [3.8, 4) is 23.3 Å². The van der Waals surface area contributed by atoms with Crippen LogP contribution >= 0.6 is 0 Å². The fraction of sp³-hybridized carbons (Fsp3) is 0.375. The number of hydrogen-bond acceptors (Lipinski definition) is 11. The van der Waals surface area contributed by atoms with Gasteiger partial charge in [0.15, 0.2) is 16.9 Å². The van der Waals surface area contributed by atoms with Gasteiger partial charge in [-0.25, -0.2) is 9.37 Å². The second-order valence-corrected chi connectivity index (χ2v) is 11.5. The predicted octanol–water partition coefficient (Wildman–Crippen LogP) is 3.12. The van der Waals surface area contributed by atoms with Gasteiger partial charge in [-0.15, -0.1) is 0 Å². The number of hydrogen-bond donors (Lipinski definition) is 3. The maximum atomic E-state index is 15.6. The van der Waals surface area contributed by atoms with Crippen LogP contribution in [0.3, 0.4) is 0 Å². The number of phenolic OH excluding ortho intramolecular Hbond substituents is 1. The monoisotopic (exact) mass is 614 g/mol. The van der Waals surface area contributed by atoms with Crippen LogP contribution in [0.1, 0.15) is 41.1 Å². The van der Waals surface area contributed by atoms with Crippen LogP contribution < -0.4 is 31.3 Å². The Labute approximate surface area is 259 Å². The van der Waals surface area contributed by atoms with E-state index in [4.69, 9.17) is 20.9 Å². The topological polar surface area (TPSA) is 169 Å². The molecule has 1 saturated carbocycles. The lowest BCUT2D eigenvalue weighted by atomic mass is 10.0. The van der Waals surface area contributed by atoms with Gasteiger partial charge in [-0.1, -0.05) is 0 Å². The molecule has 2 aliphatic rings. The van der Waals surface area contributed by atoms with E-state index in [0.717, 1.165) is 18.4 Å². The van der Waals surface area contributed by atoms with Crippen LogP contribution in [0, 0.1) is 24.1 Å². The molecular weight excluding hydrogens is 579 g/mol. The highest BCUT2D eigenvalue weighted by Gasteiger charge is 2.30. The number of anilines is 3. The van der Waals surface area contributed by atoms with Crippen LogP contribution in [-0.4, -0.2) is 71.0 Å². The highest BCUT2D eigenvalue weighted by atomic mass is 19.1. The van der Waals surface area contributed by atoms with Gasteiger partial charge in [-0.05, 0) is 43.5 Å². The number of nitrogens with zero attached hydrogens (tertiary/aromatic N) is 6. The van der Waals surface area contributed by atoms with Crippen LogP contribution in [0.2, 0.25) is 0 Å². The summed E-state index contributed by atoms with van der Waals surface area (Å²) in [5.74, 6) is 0.335. The first kappa shape index (κ1) is 30.0. The number of fused-ring (bicyclic) bond motifs is 1. The summed E-state index contributed by atoms with van der Waals surface area (Å²) < 4.78 is 29.0. The number of rotatable bonds is 9. The molecule has 13 heteroatoms. The fourth-order valence-electron chi connectivity index (χ4n) is 5.97. The summed E-state index contributed by atoms with van der Waals surface area (Å²) in [7, 11) is 1.50. The highest BCUT2D eigenvalue weighted by Crippen LogP contribution is 2.41. The molecule has 1 aliphatic carbocycles. The Morgan fingerprint density at radius 2 is 1.93 bits per heavy atom. The fourth-order valence-corrected chi connectivity index (χ4v) is 5.97. The van der Waals surface area contributed by atoms with E-state index >= 15 is 4.39 Å². The molecular formula is C32H35FN8O4. The quantitative estimate of drug-likeness (QED) is 0.253. The van der Waals surface area contributed by atoms with E-state index in [0.29, 0.717) is 61.5 Å². The second-order valence-electron chi connectivity index (χ2n) is 11.5. The van der Waals surface area contributed by atoms with Crippen molar-refractivity contribution in [1.29, 1.82) is 5.26 Å². The minimum absolute atomic E-state index is 0.0696. The van der Waals surface area contributed by atoms with Gasteiger partial charge in [0.2, 0.25) is 11.7 Å². The molecule has 0 radical (unpaired) electrons. The van der Waals surface area contributed by atoms with Gasteiger partial charge >= 0.3 is 0 Å². The molecule has 0 unspecified atom stereocenters. The minimum Gasteiger partial charge on any atom is -0.504 e. The second kappa shape index (κ2) is 12.1. The lowest BCUT2D eigenvalue weighted by Gasteiger charge is -2.36. The molecule has 0 bridgehead atoms. The number of nitriles is 1. The largest absolute Gasteiger partial charge is 0.504 e. The van der Waals surface area contributed by atoms with Crippen molar-refractivity contribution in [2.75, 3.05) is 62.8 Å². The average Bonchev–Trinajstić information content (AvgIpc) is 3.87. The van der Waals surface area contributed by atoms with E-state index in [1.807, 2.05) is 9.47 Å². The van der Waals surface area contributed by atoms with Crippen LogP contribution in [0.5, 0.6) is 17.2 Å². The summed E-state index contributed by atoms with van der Waals surface area (Å²) >= 11 is 0. The number of aromatic hydroxyl groups is 1. The van der Waals surface area contributed by atoms with E-state index < -0.39 is 5.82 Å². The average molecular weight is 615 g/mol. The first-order chi connectivity index (χ1) is 21.7. The Hall–Kier alpha value is -5.09. The zero-order chi connectivity index (χ0) is 31.8. The van der Waals surface area contributed by atoms with Gasteiger partial charge < -0.3 is 35.5 Å². The molecule has 5 N–H and O–H groups in total. The third-order valence-corrected chi connectivity index (χ3v) is 8.44. The summed E-state index contributed by atoms with van der Waals surface area (Å²) in [6, 6.07) is 7.09. The first-order valence-corrected chi connectivity index (χ1v) is 14.8. The van der Waals surface area contributed by atoms with Crippen molar-refractivity contribution in [3.05, 3.63) is 68.9 Å². The van der Waals surface area contributed by atoms with Crippen molar-refractivity contribution >= 4 is 28.4 Å². The van der Waals surface area contributed by atoms with Crippen molar-refractivity contribution in [2.45, 2.75) is 32.2 Å². The molecule has 45 heavy (non-hydrogen) atoms. The van der Waals surface area contributed by atoms with Crippen molar-refractivity contribution < 1.29 is 19.0 Å². The molecule has 2 aromatic heterocycles. The van der Waals surface area contributed by atoms with Gasteiger partial charge in [0, 0.05) is 68.7 Å². The molecule has 4 aromatic rings. The number of nitrogens with two attached hydrogens (primary N) is 2. The molecule has 234 valence electrons. The number of aryl methyl sites for hydroxylation is 1. The molecule has 0 spiro atoms. The van der Waals surface area contributed by atoms with Gasteiger partial charge in [0.05, 0.1) is 23.7 Å². The number of pyridine rings is 1. The summed E-state index contributed by atoms with van der Waals surface area (Å²) in [6.45, 7) is 4.79. The highest BCUT2D eigenvalue weighted by molar-refractivity contribution is 5.91. The Morgan fingerprint density at radius 3 is 2.60 bits per heavy atom. The number of phenols is 1. The Kier molecular flexibility index (Phi) is 8.07. The number of halogens is 1. The van der Waals surface area contributed by atoms with Gasteiger partial charge in [-0.2, -0.15) is 10.2 Å². The molecule has 1 aliphatic heterocycles. The minimum atomic E-state index is -0.557. The maximum Gasteiger partial charge on any atom is 0.221 e. The van der Waals surface area contributed by atoms with Gasteiger partial charge in [-0.3, -0.25) is 9.69 Å². The molecule has 12 nitrogen and oxygen atoms in total. The Morgan fingerprint density at radius 1 is 1.18 bits per heavy atom. The standard InChI is InChI=1S/C32H35FN8O4/c1-18-17-41(21-3-4-21)27-22(29(18)43)14-24(33)28(23(27)15-34)40-7-5-39(6-8-40)9-10-45-30-25(42)12-19(13-26(30)44-2)11-20-16-37-32(36)38-31(20)35/h12-14,16-17,21,42H,3-11H2,1-2H3,(H4,35,36,37,38). The number of nitrogen functional groups attached to an aromatic ring is 2. The van der Waals surface area contributed by atoms with Crippen molar-refractivity contribution in [1.82, 2.24) is 19.4 Å². The van der Waals surface area contributed by atoms with E-state index in [2.05, 4.69) is 20.9 Å². The number of benzene rings is 2. The summed E-state index contributed by atoms with van der Waals surface area (Å²) in [5, 5.41) is 21.2. The van der Waals surface area contributed by atoms with Gasteiger partial charge in [0.25, 0.3) is 0 Å². The Bertz CT molecular complexity index is 1880. The summed E-state index contributed by atoms with van der Waals surface area (Å²) in [5.41, 5.74) is 14.2. The molecule has 1 saturated heterocycles. The number of methoxy groups -OCH3 is 1. The normalized spacial score (nSPS) is 15.3. The summed E-state index contributed by atoms with van der Waals surface area (Å²) in [4.78, 5) is 24.9.